The fourth-order valence-electron chi connectivity index (χ4n) is 1.10. The van der Waals surface area contributed by atoms with E-state index in [-0.39, 0.29) is 0 Å². The van der Waals surface area contributed by atoms with Gasteiger partial charge in [0.15, 0.2) is 0 Å². The summed E-state index contributed by atoms with van der Waals surface area (Å²) in [6.07, 6.45) is 2.12. The van der Waals surface area contributed by atoms with Crippen molar-refractivity contribution < 1.29 is 4.79 Å². The van der Waals surface area contributed by atoms with E-state index in [1.54, 1.807) is 0 Å². The Morgan fingerprint density at radius 2 is 2.13 bits per heavy atom. The smallest absolute Gasteiger partial charge is 0.106 e. The largest absolute Gasteiger partial charge is 0.331 e. The van der Waals surface area contributed by atoms with Gasteiger partial charge in [0.2, 0.25) is 0 Å². The molecule has 0 unspecified atom stereocenters. The molecular weight excluding hydrogens is 256 g/mol. The Morgan fingerprint density at radius 1 is 1.53 bits per heavy atom. The third-order valence-corrected chi connectivity index (χ3v) is 2.28. The summed E-state index contributed by atoms with van der Waals surface area (Å²) in [5, 5.41) is 2.34. The number of carbonyl (C=O) groups excluding carboxylic acids is 1. The predicted octanol–water partition coefficient (Wildman–Crippen LogP) is 0.643. The van der Waals surface area contributed by atoms with Crippen molar-refractivity contribution in [2.45, 2.75) is 6.92 Å². The molecule has 0 spiro atoms. The van der Waals surface area contributed by atoms with E-state index in [9.17, 15) is 0 Å². The molecule has 82 valence electrons. The van der Waals surface area contributed by atoms with E-state index in [0.29, 0.717) is 0 Å². The van der Waals surface area contributed by atoms with E-state index in [1.807, 2.05) is 31.9 Å². The number of hydrogen-bond donors (Lipinski definition) is 1. The Hall–Kier alpha value is -1.00. The maximum atomic E-state index is 8.00. The van der Waals surface area contributed by atoms with E-state index in [2.05, 4.69) is 27.0 Å². The number of halogens is 1. The fourth-order valence-corrected chi connectivity index (χ4v) is 1.62. The van der Waals surface area contributed by atoms with Crippen LogP contribution in [0.15, 0.2) is 27.7 Å². The molecule has 0 aliphatic carbocycles. The molecule has 1 aromatic carbocycles. The van der Waals surface area contributed by atoms with Crippen molar-refractivity contribution in [2.24, 2.45) is 10.7 Å². The lowest BCUT2D eigenvalue weighted by Gasteiger charge is -1.86. The third-order valence-electron chi connectivity index (χ3n) is 1.59. The Labute approximate surface area is 97.8 Å². The van der Waals surface area contributed by atoms with Gasteiger partial charge in [0.05, 0.1) is 11.9 Å². The van der Waals surface area contributed by atoms with Crippen LogP contribution in [0, 0.1) is 0 Å². The van der Waals surface area contributed by atoms with Crippen molar-refractivity contribution in [3.63, 3.8) is 0 Å². The molecule has 0 saturated heterocycles. The van der Waals surface area contributed by atoms with Crippen LogP contribution >= 0.6 is 15.9 Å². The van der Waals surface area contributed by atoms with Crippen LogP contribution in [0.3, 0.4) is 0 Å². The van der Waals surface area contributed by atoms with Gasteiger partial charge >= 0.3 is 0 Å². The van der Waals surface area contributed by atoms with Crippen LogP contribution in [-0.2, 0) is 4.79 Å². The van der Waals surface area contributed by atoms with Gasteiger partial charge in [-0.05, 0) is 18.7 Å². The average molecular weight is 271 g/mol. The second-order valence-corrected chi connectivity index (χ2v) is 3.48. The van der Waals surface area contributed by atoms with Gasteiger partial charge in [-0.3, -0.25) is 4.99 Å². The first-order valence-electron chi connectivity index (χ1n) is 4.57. The van der Waals surface area contributed by atoms with Crippen LogP contribution in [0.5, 0.6) is 0 Å². The maximum Gasteiger partial charge on any atom is 0.106 e. The van der Waals surface area contributed by atoms with Gasteiger partial charge in [-0.15, -0.1) is 0 Å². The molecule has 0 atom stereocenters. The molecule has 2 N–H and O–H groups in total. The minimum absolute atomic E-state index is 0.750. The summed E-state index contributed by atoms with van der Waals surface area (Å²) in [7, 11) is 0. The Morgan fingerprint density at radius 3 is 2.67 bits per heavy atom. The van der Waals surface area contributed by atoms with Crippen LogP contribution < -0.4 is 16.3 Å². The normalized spacial score (nSPS) is 10.6. The quantitative estimate of drug-likeness (QED) is 0.753. The standard InChI is InChI=1S/C8H6BrN.C2H7N.CH2O/c9-7-2-1-3-8-6(7)4-5-10-8;1-2-3;1-2/h1-4H,5H2;2-3H2,1H3;1H2. The van der Waals surface area contributed by atoms with Gasteiger partial charge in [-0.25, -0.2) is 0 Å². The highest BCUT2D eigenvalue weighted by Gasteiger charge is 1.96. The van der Waals surface area contributed by atoms with Crippen LogP contribution in [0.2, 0.25) is 0 Å². The van der Waals surface area contributed by atoms with Crippen LogP contribution in [0.4, 0.5) is 0 Å². The number of nitrogens with two attached hydrogens (primary N) is 1. The van der Waals surface area contributed by atoms with Gasteiger partial charge in [0, 0.05) is 9.69 Å². The van der Waals surface area contributed by atoms with Crippen molar-refractivity contribution in [3.05, 3.63) is 33.2 Å². The first kappa shape index (κ1) is 14.0. The summed E-state index contributed by atoms with van der Waals surface area (Å²) >= 11 is 3.46. The molecule has 1 aliphatic heterocycles. The lowest BCUT2D eigenvalue weighted by Crippen LogP contribution is -2.21. The maximum absolute atomic E-state index is 8.00. The van der Waals surface area contributed by atoms with Crippen molar-refractivity contribution >= 4 is 28.8 Å². The predicted molar refractivity (Wildman–Crippen MR) is 66.1 cm³/mol. The molecule has 4 heteroatoms. The van der Waals surface area contributed by atoms with Gasteiger partial charge < -0.3 is 10.5 Å². The summed E-state index contributed by atoms with van der Waals surface area (Å²) in [4.78, 5) is 12.3. The first-order valence-corrected chi connectivity index (χ1v) is 5.37. The number of rotatable bonds is 0. The molecule has 2 rings (SSSR count). The highest BCUT2D eigenvalue weighted by atomic mass is 79.9. The average Bonchev–Trinajstić information content (AvgIpc) is 2.71. The molecule has 0 fully saturated rings. The molecule has 0 amide bonds. The molecule has 0 radical (unpaired) electrons. The number of carbonyl (C=O) groups is 1. The minimum atomic E-state index is 0.750. The second-order valence-electron chi connectivity index (χ2n) is 2.63. The monoisotopic (exact) mass is 270 g/mol. The summed E-state index contributed by atoms with van der Waals surface area (Å²) in [6, 6.07) is 6.07. The zero-order valence-electron chi connectivity index (χ0n) is 8.74. The highest BCUT2D eigenvalue weighted by Crippen LogP contribution is 1.99. The Balaban J connectivity index is 0.000000342. The van der Waals surface area contributed by atoms with E-state index >= 15 is 0 Å². The molecule has 1 aliphatic rings. The number of nitrogens with zero attached hydrogens (tertiary/aromatic N) is 1. The van der Waals surface area contributed by atoms with Gasteiger partial charge in [0.1, 0.15) is 6.79 Å². The van der Waals surface area contributed by atoms with Crippen LogP contribution in [0.1, 0.15) is 6.92 Å². The molecule has 1 heterocycles. The Bertz CT molecular complexity index is 404. The number of benzene rings is 1. The molecule has 3 nitrogen and oxygen atoms in total. The van der Waals surface area contributed by atoms with E-state index in [0.717, 1.165) is 22.9 Å². The summed E-state index contributed by atoms with van der Waals surface area (Å²) in [6.45, 7) is 5.48. The number of hydrogen-bond acceptors (Lipinski definition) is 3. The zero-order valence-corrected chi connectivity index (χ0v) is 10.3. The number of fused-ring (bicyclic) bond motifs is 1. The van der Waals surface area contributed by atoms with Crippen molar-refractivity contribution in [1.82, 2.24) is 0 Å². The van der Waals surface area contributed by atoms with Gasteiger partial charge in [-0.2, -0.15) is 0 Å². The molecule has 0 saturated carbocycles. The molecule has 15 heavy (non-hydrogen) atoms. The summed E-state index contributed by atoms with van der Waals surface area (Å²) < 4.78 is 1.14. The molecule has 0 aromatic heterocycles. The fraction of sp³-hybridized carbons (Fsp3) is 0.273. The Kier molecular flexibility index (Phi) is 7.77. The summed E-state index contributed by atoms with van der Waals surface area (Å²) in [5.74, 6) is 0. The van der Waals surface area contributed by atoms with Crippen molar-refractivity contribution in [2.75, 3.05) is 13.1 Å². The van der Waals surface area contributed by atoms with Gasteiger partial charge in [0.25, 0.3) is 0 Å². The lowest BCUT2D eigenvalue weighted by molar-refractivity contribution is -0.0979. The molecule has 1 aromatic rings. The third kappa shape index (κ3) is 4.36. The van der Waals surface area contributed by atoms with Crippen LogP contribution in [-0.4, -0.2) is 19.9 Å². The first-order chi connectivity index (χ1) is 7.29. The van der Waals surface area contributed by atoms with Crippen LogP contribution in [0.25, 0.3) is 6.08 Å². The van der Waals surface area contributed by atoms with Gasteiger partial charge in [-0.1, -0.05) is 35.0 Å². The van der Waals surface area contributed by atoms with E-state index < -0.39 is 0 Å². The minimum Gasteiger partial charge on any atom is -0.331 e. The summed E-state index contributed by atoms with van der Waals surface area (Å²) in [5.41, 5.74) is 4.85. The lowest BCUT2D eigenvalue weighted by atomic mass is 10.3. The van der Waals surface area contributed by atoms with Crippen molar-refractivity contribution in [1.29, 1.82) is 0 Å². The molecule has 0 bridgehead atoms. The zero-order chi connectivity index (χ0) is 11.7. The second kappa shape index (κ2) is 8.32. The van der Waals surface area contributed by atoms with E-state index in [4.69, 9.17) is 10.5 Å². The van der Waals surface area contributed by atoms with Crippen molar-refractivity contribution in [3.8, 4) is 0 Å². The SMILES string of the molecule is Brc1cccc2c1=CCN=2.C=O.CCN. The topological polar surface area (TPSA) is 55.5 Å². The molecular formula is C11H15BrN2O. The van der Waals surface area contributed by atoms with E-state index in [1.165, 1.54) is 5.22 Å². The highest BCUT2D eigenvalue weighted by molar-refractivity contribution is 9.10.